The first kappa shape index (κ1) is 15.3. The summed E-state index contributed by atoms with van der Waals surface area (Å²) in [5, 5.41) is 4.13. The molecular formula is C16H20N4O3. The third-order valence-electron chi connectivity index (χ3n) is 4.05. The largest absolute Gasteiger partial charge is 0.459 e. The highest BCUT2D eigenvalue weighted by molar-refractivity contribution is 5.91. The van der Waals surface area contributed by atoms with Crippen LogP contribution in [0.25, 0.3) is 0 Å². The molecule has 7 nitrogen and oxygen atoms in total. The minimum Gasteiger partial charge on any atom is -0.459 e. The predicted octanol–water partition coefficient (Wildman–Crippen LogP) is 1.10. The quantitative estimate of drug-likeness (QED) is 0.847. The summed E-state index contributed by atoms with van der Waals surface area (Å²) in [6.07, 6.45) is 5.05. The molecule has 1 atom stereocenters. The van der Waals surface area contributed by atoms with E-state index in [2.05, 4.69) is 5.10 Å². The van der Waals surface area contributed by atoms with E-state index in [-0.39, 0.29) is 17.7 Å². The minimum atomic E-state index is -0.137. The third-order valence-corrected chi connectivity index (χ3v) is 4.05. The molecule has 0 radical (unpaired) electrons. The lowest BCUT2D eigenvalue weighted by Crippen LogP contribution is -2.52. The fourth-order valence-electron chi connectivity index (χ4n) is 2.76. The molecule has 23 heavy (non-hydrogen) atoms. The van der Waals surface area contributed by atoms with Gasteiger partial charge in [0.2, 0.25) is 5.91 Å². The number of carbonyl (C=O) groups is 2. The highest BCUT2D eigenvalue weighted by atomic mass is 16.3. The molecule has 1 aliphatic heterocycles. The van der Waals surface area contributed by atoms with E-state index >= 15 is 0 Å². The van der Waals surface area contributed by atoms with E-state index in [0.717, 1.165) is 0 Å². The van der Waals surface area contributed by atoms with Gasteiger partial charge in [-0.3, -0.25) is 14.3 Å². The molecule has 0 aromatic carbocycles. The molecule has 0 N–H and O–H groups in total. The number of piperazine rings is 1. The molecule has 7 heteroatoms. The van der Waals surface area contributed by atoms with Crippen molar-refractivity contribution in [2.75, 3.05) is 26.2 Å². The first-order valence-corrected chi connectivity index (χ1v) is 7.74. The number of furan rings is 1. The third kappa shape index (κ3) is 3.44. The first-order valence-electron chi connectivity index (χ1n) is 7.74. The maximum Gasteiger partial charge on any atom is 0.289 e. The summed E-state index contributed by atoms with van der Waals surface area (Å²) in [4.78, 5) is 28.2. The smallest absolute Gasteiger partial charge is 0.289 e. The van der Waals surface area contributed by atoms with E-state index in [0.29, 0.717) is 38.5 Å². The summed E-state index contributed by atoms with van der Waals surface area (Å²) in [5.74, 6) is 0.191. The molecule has 2 amide bonds. The van der Waals surface area contributed by atoms with E-state index in [1.54, 1.807) is 27.9 Å². The van der Waals surface area contributed by atoms with Crippen LogP contribution in [-0.2, 0) is 11.3 Å². The van der Waals surface area contributed by atoms with Crippen molar-refractivity contribution < 1.29 is 14.0 Å². The number of carbonyl (C=O) groups excluding carboxylic acids is 2. The van der Waals surface area contributed by atoms with Crippen LogP contribution in [0.4, 0.5) is 0 Å². The lowest BCUT2D eigenvalue weighted by molar-refractivity contribution is -0.137. The van der Waals surface area contributed by atoms with E-state index in [9.17, 15) is 9.59 Å². The zero-order chi connectivity index (χ0) is 16.2. The van der Waals surface area contributed by atoms with Crippen molar-refractivity contribution in [1.82, 2.24) is 19.6 Å². The van der Waals surface area contributed by atoms with Gasteiger partial charge in [0, 0.05) is 38.6 Å². The van der Waals surface area contributed by atoms with Gasteiger partial charge in [-0.15, -0.1) is 0 Å². The van der Waals surface area contributed by atoms with Gasteiger partial charge in [0.15, 0.2) is 5.76 Å². The second-order valence-electron chi connectivity index (χ2n) is 5.72. The fraction of sp³-hybridized carbons (Fsp3) is 0.438. The lowest BCUT2D eigenvalue weighted by atomic mass is 10.1. The molecule has 1 aliphatic rings. The Morgan fingerprint density at radius 3 is 2.57 bits per heavy atom. The van der Waals surface area contributed by atoms with Crippen molar-refractivity contribution >= 4 is 11.8 Å². The van der Waals surface area contributed by atoms with E-state index in [1.807, 2.05) is 24.1 Å². The number of amides is 2. The summed E-state index contributed by atoms with van der Waals surface area (Å²) < 4.78 is 6.90. The Bertz CT molecular complexity index is 643. The zero-order valence-corrected chi connectivity index (χ0v) is 13.1. The second kappa shape index (κ2) is 6.68. The molecule has 0 bridgehead atoms. The zero-order valence-electron chi connectivity index (χ0n) is 13.1. The fourth-order valence-corrected chi connectivity index (χ4v) is 2.76. The van der Waals surface area contributed by atoms with Crippen molar-refractivity contribution in [3.05, 3.63) is 42.6 Å². The Balaban J connectivity index is 1.52. The molecule has 0 aliphatic carbocycles. The Kier molecular flexibility index (Phi) is 4.45. The number of hydrogen-bond donors (Lipinski definition) is 0. The highest BCUT2D eigenvalue weighted by Gasteiger charge is 2.28. The van der Waals surface area contributed by atoms with Crippen LogP contribution in [0.3, 0.4) is 0 Å². The van der Waals surface area contributed by atoms with Crippen molar-refractivity contribution in [2.45, 2.75) is 13.5 Å². The summed E-state index contributed by atoms with van der Waals surface area (Å²) >= 11 is 0. The van der Waals surface area contributed by atoms with E-state index in [1.165, 1.54) is 6.26 Å². The number of aromatic nitrogens is 2. The first-order chi connectivity index (χ1) is 11.1. The Morgan fingerprint density at radius 2 is 1.96 bits per heavy atom. The van der Waals surface area contributed by atoms with E-state index in [4.69, 9.17) is 4.42 Å². The van der Waals surface area contributed by atoms with Gasteiger partial charge in [0.05, 0.1) is 18.7 Å². The van der Waals surface area contributed by atoms with Crippen LogP contribution < -0.4 is 0 Å². The van der Waals surface area contributed by atoms with Crippen LogP contribution in [-0.4, -0.2) is 57.6 Å². The summed E-state index contributed by atoms with van der Waals surface area (Å²) in [5.41, 5.74) is 0. The van der Waals surface area contributed by atoms with Gasteiger partial charge < -0.3 is 14.2 Å². The topological polar surface area (TPSA) is 71.6 Å². The summed E-state index contributed by atoms with van der Waals surface area (Å²) in [6, 6.07) is 5.20. The maximum absolute atomic E-state index is 12.5. The van der Waals surface area contributed by atoms with Gasteiger partial charge in [0.25, 0.3) is 5.91 Å². The maximum atomic E-state index is 12.5. The second-order valence-corrected chi connectivity index (χ2v) is 5.72. The molecule has 3 rings (SSSR count). The predicted molar refractivity (Wildman–Crippen MR) is 82.6 cm³/mol. The van der Waals surface area contributed by atoms with Crippen LogP contribution in [0.2, 0.25) is 0 Å². The van der Waals surface area contributed by atoms with Crippen LogP contribution in [0.1, 0.15) is 17.5 Å². The standard InChI is InChI=1S/C16H20N4O3/c1-13(12-20-6-3-5-17-20)15(21)18-7-9-19(10-8-18)16(22)14-4-2-11-23-14/h2-6,11,13H,7-10,12H2,1H3. The average Bonchev–Trinajstić information content (AvgIpc) is 3.27. The lowest BCUT2D eigenvalue weighted by Gasteiger charge is -2.35. The molecular weight excluding hydrogens is 296 g/mol. The van der Waals surface area contributed by atoms with Gasteiger partial charge in [-0.25, -0.2) is 0 Å². The van der Waals surface area contributed by atoms with Crippen molar-refractivity contribution in [3.8, 4) is 0 Å². The molecule has 1 fully saturated rings. The molecule has 1 saturated heterocycles. The van der Waals surface area contributed by atoms with Gasteiger partial charge >= 0.3 is 0 Å². The monoisotopic (exact) mass is 316 g/mol. The number of nitrogens with zero attached hydrogens (tertiary/aromatic N) is 4. The Labute approximate surface area is 134 Å². The van der Waals surface area contributed by atoms with Gasteiger partial charge in [-0.1, -0.05) is 6.92 Å². The van der Waals surface area contributed by atoms with Gasteiger partial charge in [-0.05, 0) is 18.2 Å². The number of hydrogen-bond acceptors (Lipinski definition) is 4. The molecule has 0 spiro atoms. The molecule has 0 saturated carbocycles. The number of rotatable bonds is 4. The average molecular weight is 316 g/mol. The molecule has 1 unspecified atom stereocenters. The normalized spacial score (nSPS) is 16.4. The van der Waals surface area contributed by atoms with Crippen LogP contribution in [0.15, 0.2) is 41.3 Å². The summed E-state index contributed by atoms with van der Waals surface area (Å²) in [7, 11) is 0. The molecule has 3 heterocycles. The van der Waals surface area contributed by atoms with Gasteiger partial charge in [0.1, 0.15) is 0 Å². The van der Waals surface area contributed by atoms with Crippen molar-refractivity contribution in [3.63, 3.8) is 0 Å². The molecule has 2 aromatic rings. The van der Waals surface area contributed by atoms with Crippen molar-refractivity contribution in [1.29, 1.82) is 0 Å². The summed E-state index contributed by atoms with van der Waals surface area (Å²) in [6.45, 7) is 4.63. The minimum absolute atomic E-state index is 0.102. The van der Waals surface area contributed by atoms with Crippen LogP contribution >= 0.6 is 0 Å². The van der Waals surface area contributed by atoms with Crippen molar-refractivity contribution in [2.24, 2.45) is 5.92 Å². The Morgan fingerprint density at radius 1 is 1.22 bits per heavy atom. The molecule has 2 aromatic heterocycles. The highest BCUT2D eigenvalue weighted by Crippen LogP contribution is 2.12. The Hall–Kier alpha value is -2.57. The SMILES string of the molecule is CC(Cn1cccn1)C(=O)N1CCN(C(=O)c2ccco2)CC1. The van der Waals surface area contributed by atoms with Gasteiger partial charge in [-0.2, -0.15) is 5.10 Å². The molecule has 122 valence electrons. The van der Waals surface area contributed by atoms with Crippen LogP contribution in [0, 0.1) is 5.92 Å². The van der Waals surface area contributed by atoms with E-state index < -0.39 is 0 Å². The van der Waals surface area contributed by atoms with Crippen LogP contribution in [0.5, 0.6) is 0 Å².